The van der Waals surface area contributed by atoms with E-state index in [0.29, 0.717) is 6.54 Å². The minimum atomic E-state index is -0.0291. The van der Waals surface area contributed by atoms with Gasteiger partial charge >= 0.3 is 0 Å². The maximum atomic E-state index is 13.2. The first-order valence-electron chi connectivity index (χ1n) is 12.3. The van der Waals surface area contributed by atoms with Crippen molar-refractivity contribution in [1.82, 2.24) is 24.5 Å². The number of carbonyl (C=O) groups is 1. The van der Waals surface area contributed by atoms with Crippen molar-refractivity contribution in [3.63, 3.8) is 0 Å². The average molecular weight is 457 g/mol. The van der Waals surface area contributed by atoms with Gasteiger partial charge in [-0.1, -0.05) is 41.5 Å². The van der Waals surface area contributed by atoms with Crippen LogP contribution in [0.1, 0.15) is 37.8 Å². The molecule has 1 saturated heterocycles. The Bertz CT molecular complexity index is 1340. The van der Waals surface area contributed by atoms with E-state index in [1.54, 1.807) is 0 Å². The van der Waals surface area contributed by atoms with E-state index >= 15 is 0 Å². The summed E-state index contributed by atoms with van der Waals surface area (Å²) in [6.07, 6.45) is 1.86. The van der Waals surface area contributed by atoms with Gasteiger partial charge < -0.3 is 9.80 Å². The molecule has 0 bridgehead atoms. The Balaban J connectivity index is 1.66. The topological polar surface area (TPSA) is 66.6 Å². The zero-order valence-electron chi connectivity index (χ0n) is 20.5. The third kappa shape index (κ3) is 3.89. The zero-order chi connectivity index (χ0) is 23.8. The predicted octanol–water partition coefficient (Wildman–Crippen LogP) is 4.65. The Hall–Kier alpha value is -3.48. The van der Waals surface area contributed by atoms with Gasteiger partial charge in [-0.3, -0.25) is 4.79 Å². The molecule has 0 unspecified atom stereocenters. The van der Waals surface area contributed by atoms with Crippen LogP contribution in [0.5, 0.6) is 0 Å². The summed E-state index contributed by atoms with van der Waals surface area (Å²) in [6.45, 7) is 11.2. The molecule has 34 heavy (non-hydrogen) atoms. The number of benzene rings is 2. The summed E-state index contributed by atoms with van der Waals surface area (Å²) in [4.78, 5) is 22.5. The first kappa shape index (κ1) is 22.3. The van der Waals surface area contributed by atoms with Gasteiger partial charge in [0.1, 0.15) is 0 Å². The van der Waals surface area contributed by atoms with Gasteiger partial charge in [0.15, 0.2) is 11.5 Å². The van der Waals surface area contributed by atoms with Gasteiger partial charge in [-0.25, -0.2) is 9.38 Å². The van der Waals surface area contributed by atoms with E-state index in [9.17, 15) is 4.79 Å². The number of aromatic nitrogens is 4. The molecule has 0 aliphatic carbocycles. The Labute approximate surface area is 200 Å². The summed E-state index contributed by atoms with van der Waals surface area (Å²) in [5.41, 5.74) is 5.06. The molecule has 3 heterocycles. The first-order chi connectivity index (χ1) is 16.5. The second kappa shape index (κ2) is 9.05. The minimum Gasteiger partial charge on any atom is -0.343 e. The molecule has 0 N–H and O–H groups in total. The number of hydrogen-bond acceptors (Lipinski definition) is 5. The van der Waals surface area contributed by atoms with E-state index in [4.69, 9.17) is 4.98 Å². The highest BCUT2D eigenvalue weighted by molar-refractivity contribution is 5.94. The molecule has 7 nitrogen and oxygen atoms in total. The monoisotopic (exact) mass is 456 g/mol. The molecule has 0 spiro atoms. The van der Waals surface area contributed by atoms with Crippen molar-refractivity contribution in [2.75, 3.05) is 31.1 Å². The van der Waals surface area contributed by atoms with Crippen LogP contribution in [-0.4, -0.2) is 56.6 Å². The fraction of sp³-hybridized carbons (Fsp3) is 0.407. The second-order valence-corrected chi connectivity index (χ2v) is 9.28. The van der Waals surface area contributed by atoms with Crippen LogP contribution in [0.15, 0.2) is 42.5 Å². The van der Waals surface area contributed by atoms with Crippen LogP contribution in [0.2, 0.25) is 0 Å². The fourth-order valence-corrected chi connectivity index (χ4v) is 4.99. The van der Waals surface area contributed by atoms with E-state index in [2.05, 4.69) is 75.8 Å². The lowest BCUT2D eigenvalue weighted by Gasteiger charge is -2.35. The SMILES string of the molecule is CCN(CC)C(=O)[C@@H]1CCCN(c2nc3ccc(C)cc3c3nnc(-c4ccc(C)cc4)n23)C1. The fourth-order valence-electron chi connectivity index (χ4n) is 4.99. The highest BCUT2D eigenvalue weighted by atomic mass is 16.2. The van der Waals surface area contributed by atoms with Gasteiger partial charge in [-0.2, -0.15) is 0 Å². The molecule has 1 atom stereocenters. The lowest BCUT2D eigenvalue weighted by atomic mass is 9.96. The number of nitrogens with zero attached hydrogens (tertiary/aromatic N) is 6. The number of rotatable bonds is 5. The number of anilines is 1. The predicted molar refractivity (Wildman–Crippen MR) is 136 cm³/mol. The van der Waals surface area contributed by atoms with Gasteiger partial charge in [0.05, 0.1) is 11.4 Å². The van der Waals surface area contributed by atoms with Crippen molar-refractivity contribution in [2.45, 2.75) is 40.5 Å². The number of piperidine rings is 1. The smallest absolute Gasteiger partial charge is 0.227 e. The standard InChI is InChI=1S/C27H32N6O/c1-5-31(6-2)26(34)21-8-7-15-32(17-21)27-28-23-14-11-19(4)16-22(23)25-30-29-24(33(25)27)20-12-9-18(3)10-13-20/h9-14,16,21H,5-8,15,17H2,1-4H3/t21-/m1/s1. The van der Waals surface area contributed by atoms with Crippen LogP contribution >= 0.6 is 0 Å². The Kier molecular flexibility index (Phi) is 5.94. The van der Waals surface area contributed by atoms with Gasteiger partial charge in [0.2, 0.25) is 11.9 Å². The lowest BCUT2D eigenvalue weighted by Crippen LogP contribution is -2.45. The maximum Gasteiger partial charge on any atom is 0.227 e. The molecule has 5 rings (SSSR count). The Morgan fingerprint density at radius 2 is 1.76 bits per heavy atom. The van der Waals surface area contributed by atoms with E-state index in [1.807, 2.05) is 18.7 Å². The summed E-state index contributed by atoms with van der Waals surface area (Å²) in [6, 6.07) is 14.6. The zero-order valence-corrected chi connectivity index (χ0v) is 20.5. The van der Waals surface area contributed by atoms with Crippen molar-refractivity contribution in [3.8, 4) is 11.4 Å². The van der Waals surface area contributed by atoms with Crippen LogP contribution in [-0.2, 0) is 4.79 Å². The highest BCUT2D eigenvalue weighted by Gasteiger charge is 2.31. The van der Waals surface area contributed by atoms with Gasteiger partial charge in [-0.15, -0.1) is 10.2 Å². The van der Waals surface area contributed by atoms with Gasteiger partial charge in [-0.05, 0) is 52.7 Å². The van der Waals surface area contributed by atoms with Crippen molar-refractivity contribution >= 4 is 28.4 Å². The Morgan fingerprint density at radius 3 is 2.50 bits per heavy atom. The lowest BCUT2D eigenvalue weighted by molar-refractivity contribution is -0.135. The number of fused-ring (bicyclic) bond motifs is 3. The molecule has 1 fully saturated rings. The number of amides is 1. The molecule has 1 amide bonds. The third-order valence-corrected chi connectivity index (χ3v) is 6.91. The van der Waals surface area contributed by atoms with E-state index in [1.165, 1.54) is 5.56 Å². The molecular weight excluding hydrogens is 424 g/mol. The van der Waals surface area contributed by atoms with Crippen molar-refractivity contribution < 1.29 is 4.79 Å². The van der Waals surface area contributed by atoms with Crippen molar-refractivity contribution in [2.24, 2.45) is 5.92 Å². The van der Waals surface area contributed by atoms with E-state index < -0.39 is 0 Å². The third-order valence-electron chi connectivity index (χ3n) is 6.91. The maximum absolute atomic E-state index is 13.2. The summed E-state index contributed by atoms with van der Waals surface area (Å²) in [7, 11) is 0. The molecule has 7 heteroatoms. The number of aryl methyl sites for hydroxylation is 2. The van der Waals surface area contributed by atoms with Crippen LogP contribution in [0, 0.1) is 19.8 Å². The van der Waals surface area contributed by atoms with Crippen LogP contribution < -0.4 is 4.90 Å². The summed E-state index contributed by atoms with van der Waals surface area (Å²) >= 11 is 0. The number of hydrogen-bond donors (Lipinski definition) is 0. The van der Waals surface area contributed by atoms with Crippen molar-refractivity contribution in [3.05, 3.63) is 53.6 Å². The van der Waals surface area contributed by atoms with Crippen LogP contribution in [0.25, 0.3) is 27.9 Å². The van der Waals surface area contributed by atoms with Gasteiger partial charge in [0, 0.05) is 37.1 Å². The molecule has 1 aliphatic rings. The average Bonchev–Trinajstić information content (AvgIpc) is 3.30. The molecular formula is C27H32N6O. The summed E-state index contributed by atoms with van der Waals surface area (Å²) in [5.74, 6) is 1.80. The van der Waals surface area contributed by atoms with Crippen LogP contribution in [0.4, 0.5) is 5.95 Å². The second-order valence-electron chi connectivity index (χ2n) is 9.28. The Morgan fingerprint density at radius 1 is 1.03 bits per heavy atom. The normalized spacial score (nSPS) is 16.4. The molecule has 176 valence electrons. The number of carbonyl (C=O) groups excluding carboxylic acids is 1. The molecule has 0 saturated carbocycles. The van der Waals surface area contributed by atoms with E-state index in [-0.39, 0.29) is 11.8 Å². The highest BCUT2D eigenvalue weighted by Crippen LogP contribution is 2.31. The first-order valence-corrected chi connectivity index (χ1v) is 12.3. The van der Waals surface area contributed by atoms with E-state index in [0.717, 1.165) is 71.9 Å². The van der Waals surface area contributed by atoms with Gasteiger partial charge in [0.25, 0.3) is 0 Å². The van der Waals surface area contributed by atoms with Crippen LogP contribution in [0.3, 0.4) is 0 Å². The molecule has 2 aromatic heterocycles. The quantitative estimate of drug-likeness (QED) is 0.437. The molecule has 2 aromatic carbocycles. The molecule has 4 aromatic rings. The molecule has 0 radical (unpaired) electrons. The molecule has 1 aliphatic heterocycles. The minimum absolute atomic E-state index is 0.0291. The largest absolute Gasteiger partial charge is 0.343 e. The summed E-state index contributed by atoms with van der Waals surface area (Å²) in [5, 5.41) is 10.2. The van der Waals surface area contributed by atoms with Crippen molar-refractivity contribution in [1.29, 1.82) is 0 Å². The summed E-state index contributed by atoms with van der Waals surface area (Å²) < 4.78 is 2.08.